The summed E-state index contributed by atoms with van der Waals surface area (Å²) >= 11 is 5.80. The Morgan fingerprint density at radius 2 is 2.18 bits per heavy atom. The van der Waals surface area contributed by atoms with Gasteiger partial charge in [0.05, 0.1) is 6.04 Å². The van der Waals surface area contributed by atoms with Crippen LogP contribution < -0.4 is 5.32 Å². The second-order valence-corrected chi connectivity index (χ2v) is 4.46. The molecule has 0 saturated carbocycles. The Bertz CT molecular complexity index is 419. The van der Waals surface area contributed by atoms with Gasteiger partial charge < -0.3 is 5.32 Å². The lowest BCUT2D eigenvalue weighted by Crippen LogP contribution is -2.37. The second kappa shape index (κ2) is 5.40. The molecule has 1 N–H and O–H groups in total. The molecule has 4 nitrogen and oxygen atoms in total. The zero-order valence-corrected chi connectivity index (χ0v) is 9.98. The van der Waals surface area contributed by atoms with E-state index in [0.29, 0.717) is 31.1 Å². The molecule has 1 saturated heterocycles. The van der Waals surface area contributed by atoms with Crippen LogP contribution in [0.2, 0.25) is 5.02 Å². The van der Waals surface area contributed by atoms with Crippen LogP contribution in [-0.4, -0.2) is 36.2 Å². The number of ketones is 1. The molecule has 0 aromatic heterocycles. The van der Waals surface area contributed by atoms with Gasteiger partial charge in [0.2, 0.25) is 5.78 Å². The van der Waals surface area contributed by atoms with Crippen LogP contribution in [0.1, 0.15) is 5.56 Å². The molecule has 0 aliphatic carbocycles. The summed E-state index contributed by atoms with van der Waals surface area (Å²) in [6, 6.07) is 7.13. The first-order valence-electron chi connectivity index (χ1n) is 5.39. The van der Waals surface area contributed by atoms with Gasteiger partial charge in [0.1, 0.15) is 0 Å². The molecule has 1 aromatic rings. The van der Waals surface area contributed by atoms with Crippen molar-refractivity contribution in [3.63, 3.8) is 0 Å². The summed E-state index contributed by atoms with van der Waals surface area (Å²) in [4.78, 5) is 23.9. The van der Waals surface area contributed by atoms with Gasteiger partial charge in [-0.1, -0.05) is 23.7 Å². The van der Waals surface area contributed by atoms with Gasteiger partial charge in [-0.25, -0.2) is 0 Å². The molecule has 0 radical (unpaired) electrons. The van der Waals surface area contributed by atoms with Crippen molar-refractivity contribution in [3.05, 3.63) is 34.9 Å². The van der Waals surface area contributed by atoms with Crippen LogP contribution in [-0.2, 0) is 16.1 Å². The topological polar surface area (TPSA) is 49.4 Å². The Kier molecular flexibility index (Phi) is 3.89. The van der Waals surface area contributed by atoms with Gasteiger partial charge in [0.25, 0.3) is 0 Å². The van der Waals surface area contributed by atoms with Gasteiger partial charge in [-0.15, -0.1) is 0 Å². The Morgan fingerprint density at radius 1 is 1.47 bits per heavy atom. The number of Topliss-reactive ketones (excluding diaryl/α,β-unsaturated/α-hetero) is 1. The fraction of sp³-hybridized carbons (Fsp3) is 0.333. The smallest absolute Gasteiger partial charge is 0.213 e. The normalized spacial score (nSPS) is 20.4. The average molecular weight is 253 g/mol. The number of benzene rings is 1. The minimum Gasteiger partial charge on any atom is -0.302 e. The number of hydrogen-bond donors (Lipinski definition) is 1. The number of halogens is 1. The molecule has 0 spiro atoms. The number of rotatable bonds is 4. The predicted molar refractivity (Wildman–Crippen MR) is 64.7 cm³/mol. The molecular formula is C12H13ClN2O2. The third-order valence-corrected chi connectivity index (χ3v) is 3.09. The minimum atomic E-state index is -0.371. The first kappa shape index (κ1) is 12.2. The molecule has 17 heavy (non-hydrogen) atoms. The maximum atomic E-state index is 11.4. The van der Waals surface area contributed by atoms with E-state index in [9.17, 15) is 9.59 Å². The Labute approximate surface area is 105 Å². The standard InChI is InChI=1S/C12H13ClN2O2/c13-10-3-1-9(2-4-10)6-15-8-14-5-11(15)12(17)7-16/h1-4,7,11,14H,5-6,8H2. The summed E-state index contributed by atoms with van der Waals surface area (Å²) in [7, 11) is 0. The fourth-order valence-corrected chi connectivity index (χ4v) is 2.06. The zero-order chi connectivity index (χ0) is 12.3. The van der Waals surface area contributed by atoms with Crippen molar-refractivity contribution in [3.8, 4) is 0 Å². The zero-order valence-electron chi connectivity index (χ0n) is 9.23. The van der Waals surface area contributed by atoms with Crippen molar-refractivity contribution >= 4 is 23.7 Å². The molecule has 1 heterocycles. The second-order valence-electron chi connectivity index (χ2n) is 4.02. The van der Waals surface area contributed by atoms with E-state index in [1.807, 2.05) is 29.2 Å². The third-order valence-electron chi connectivity index (χ3n) is 2.84. The average Bonchev–Trinajstić information content (AvgIpc) is 2.79. The van der Waals surface area contributed by atoms with E-state index < -0.39 is 0 Å². The summed E-state index contributed by atoms with van der Waals surface area (Å²) in [5.41, 5.74) is 1.07. The van der Waals surface area contributed by atoms with Crippen LogP contribution in [0.25, 0.3) is 0 Å². The van der Waals surface area contributed by atoms with Crippen LogP contribution in [0.15, 0.2) is 24.3 Å². The molecule has 5 heteroatoms. The summed E-state index contributed by atoms with van der Waals surface area (Å²) in [5, 5.41) is 3.78. The molecule has 90 valence electrons. The van der Waals surface area contributed by atoms with Crippen LogP contribution in [0.3, 0.4) is 0 Å². The van der Waals surface area contributed by atoms with Crippen LogP contribution >= 0.6 is 11.6 Å². The van der Waals surface area contributed by atoms with E-state index in [2.05, 4.69) is 5.32 Å². The number of carbonyl (C=O) groups excluding carboxylic acids is 2. The Balaban J connectivity index is 2.05. The highest BCUT2D eigenvalue weighted by Crippen LogP contribution is 2.14. The van der Waals surface area contributed by atoms with E-state index >= 15 is 0 Å². The minimum absolute atomic E-state index is 0.344. The maximum absolute atomic E-state index is 11.4. The lowest BCUT2D eigenvalue weighted by atomic mass is 10.1. The lowest BCUT2D eigenvalue weighted by molar-refractivity contribution is -0.132. The van der Waals surface area contributed by atoms with E-state index in [1.54, 1.807) is 0 Å². The van der Waals surface area contributed by atoms with Gasteiger partial charge in [-0.05, 0) is 17.7 Å². The highest BCUT2D eigenvalue weighted by atomic mass is 35.5. The van der Waals surface area contributed by atoms with Crippen LogP contribution in [0, 0.1) is 0 Å². The number of nitrogens with zero attached hydrogens (tertiary/aromatic N) is 1. The summed E-state index contributed by atoms with van der Waals surface area (Å²) in [5.74, 6) is -0.371. The Morgan fingerprint density at radius 3 is 2.82 bits per heavy atom. The van der Waals surface area contributed by atoms with Gasteiger partial charge in [0, 0.05) is 24.8 Å². The molecule has 1 fully saturated rings. The van der Waals surface area contributed by atoms with Crippen LogP contribution in [0.4, 0.5) is 0 Å². The highest BCUT2D eigenvalue weighted by molar-refractivity contribution is 6.30. The Hall–Kier alpha value is -1.23. The van der Waals surface area contributed by atoms with Crippen LogP contribution in [0.5, 0.6) is 0 Å². The molecule has 0 bridgehead atoms. The maximum Gasteiger partial charge on any atom is 0.213 e. The number of carbonyl (C=O) groups is 2. The summed E-state index contributed by atoms with van der Waals surface area (Å²) in [6.45, 7) is 1.78. The van der Waals surface area contributed by atoms with Crippen molar-refractivity contribution < 1.29 is 9.59 Å². The molecule has 1 aliphatic rings. The van der Waals surface area contributed by atoms with Crippen molar-refractivity contribution in [2.24, 2.45) is 0 Å². The van der Waals surface area contributed by atoms with E-state index in [1.165, 1.54) is 0 Å². The summed E-state index contributed by atoms with van der Waals surface area (Å²) in [6.07, 6.45) is 0.395. The first-order chi connectivity index (χ1) is 8.20. The van der Waals surface area contributed by atoms with Gasteiger partial charge >= 0.3 is 0 Å². The molecule has 0 amide bonds. The molecule has 1 atom stereocenters. The van der Waals surface area contributed by atoms with Gasteiger partial charge in [0.15, 0.2) is 6.29 Å². The van der Waals surface area contributed by atoms with Gasteiger partial charge in [-0.2, -0.15) is 0 Å². The molecule has 1 aromatic carbocycles. The van der Waals surface area contributed by atoms with Crippen molar-refractivity contribution in [2.45, 2.75) is 12.6 Å². The number of hydrogen-bond acceptors (Lipinski definition) is 4. The van der Waals surface area contributed by atoms with Crippen molar-refractivity contribution in [2.75, 3.05) is 13.2 Å². The summed E-state index contributed by atoms with van der Waals surface area (Å²) < 4.78 is 0. The van der Waals surface area contributed by atoms with E-state index in [0.717, 1.165) is 5.56 Å². The SMILES string of the molecule is O=CC(=O)C1CNCN1Cc1ccc(Cl)cc1. The van der Waals surface area contributed by atoms with E-state index in [-0.39, 0.29) is 11.8 Å². The molecule has 2 rings (SSSR count). The van der Waals surface area contributed by atoms with E-state index in [4.69, 9.17) is 11.6 Å². The number of aldehydes is 1. The van der Waals surface area contributed by atoms with Gasteiger partial charge in [-0.3, -0.25) is 14.5 Å². The third kappa shape index (κ3) is 2.91. The molecule has 1 aliphatic heterocycles. The quantitative estimate of drug-likeness (QED) is 0.637. The monoisotopic (exact) mass is 252 g/mol. The number of nitrogens with one attached hydrogen (secondary N) is 1. The predicted octanol–water partition coefficient (Wildman–Crippen LogP) is 0.839. The molecule has 1 unspecified atom stereocenters. The van der Waals surface area contributed by atoms with Crippen molar-refractivity contribution in [1.82, 2.24) is 10.2 Å². The van der Waals surface area contributed by atoms with Crippen molar-refractivity contribution in [1.29, 1.82) is 0 Å². The largest absolute Gasteiger partial charge is 0.302 e. The lowest BCUT2D eigenvalue weighted by Gasteiger charge is -2.20. The fourth-order valence-electron chi connectivity index (χ4n) is 1.93. The first-order valence-corrected chi connectivity index (χ1v) is 5.77. The molecular weight excluding hydrogens is 240 g/mol. The highest BCUT2D eigenvalue weighted by Gasteiger charge is 2.29.